The predicted molar refractivity (Wildman–Crippen MR) is 95.5 cm³/mol. The van der Waals surface area contributed by atoms with E-state index in [1.165, 1.54) is 0 Å². The van der Waals surface area contributed by atoms with Gasteiger partial charge in [0.1, 0.15) is 12.3 Å². The van der Waals surface area contributed by atoms with Crippen LogP contribution in [0.1, 0.15) is 36.5 Å². The maximum atomic E-state index is 11.8. The van der Waals surface area contributed by atoms with Gasteiger partial charge in [0.25, 0.3) is 0 Å². The molecule has 0 aromatic heterocycles. The number of aryl methyl sites for hydroxylation is 2. The van der Waals surface area contributed by atoms with Crippen LogP contribution in [0.5, 0.6) is 5.75 Å². The molecule has 1 amide bonds. The number of ether oxygens (including phenoxy) is 1. The van der Waals surface area contributed by atoms with Crippen LogP contribution in [0, 0.1) is 31.1 Å². The van der Waals surface area contributed by atoms with Gasteiger partial charge in [0, 0.05) is 13.0 Å². The number of aliphatic hydroxyl groups is 1. The Morgan fingerprint density at radius 1 is 1.46 bits per heavy atom. The molecule has 1 aromatic carbocycles. The molecule has 3 N–H and O–H groups in total. The number of hydrogen-bond donors (Lipinski definition) is 3. The number of nitrogens with one attached hydrogen (secondary N) is 2. The molecular weight excluding hydrogens is 332 g/mol. The van der Waals surface area contributed by atoms with Gasteiger partial charge >= 0.3 is 0 Å². The highest BCUT2D eigenvalue weighted by molar-refractivity contribution is 5.78. The molecule has 1 heterocycles. The van der Waals surface area contributed by atoms with E-state index in [9.17, 15) is 15.2 Å². The minimum atomic E-state index is -1.42. The maximum Gasteiger partial charge on any atom is 0.240 e. The molecule has 1 fully saturated rings. The third kappa shape index (κ3) is 3.39. The van der Waals surface area contributed by atoms with Crippen LogP contribution in [0.3, 0.4) is 0 Å². The molecule has 26 heavy (non-hydrogen) atoms. The number of carbonyl (C=O) groups excluding carboxylic acids is 1. The number of hydrogen-bond acceptors (Lipinski definition) is 6. The summed E-state index contributed by atoms with van der Waals surface area (Å²) in [6, 6.07) is 5.78. The van der Waals surface area contributed by atoms with Gasteiger partial charge in [-0.2, -0.15) is 10.7 Å². The molecule has 138 valence electrons. The Bertz CT molecular complexity index is 796. The number of carbonyl (C=O) groups is 1. The number of likely N-dealkylation sites (N-methyl/N-ethyl adjacent to an activating group) is 1. The van der Waals surface area contributed by atoms with Gasteiger partial charge in [-0.25, -0.2) is 0 Å². The van der Waals surface area contributed by atoms with Gasteiger partial charge in [-0.05, 0) is 56.9 Å². The second-order valence-corrected chi connectivity index (χ2v) is 7.08. The topological polar surface area (TPSA) is 97.6 Å². The summed E-state index contributed by atoms with van der Waals surface area (Å²) in [5, 5.41) is 24.3. The Morgan fingerprint density at radius 2 is 2.08 bits per heavy atom. The fourth-order valence-corrected chi connectivity index (χ4v) is 3.28. The summed E-state index contributed by atoms with van der Waals surface area (Å²) < 4.78 is 6.10. The minimum absolute atomic E-state index is 0.0940. The molecule has 1 aliphatic heterocycles. The lowest BCUT2D eigenvalue weighted by molar-refractivity contribution is -0.122. The van der Waals surface area contributed by atoms with Crippen molar-refractivity contribution in [2.75, 3.05) is 13.6 Å². The van der Waals surface area contributed by atoms with Crippen molar-refractivity contribution in [3.63, 3.8) is 0 Å². The first-order valence-electron chi connectivity index (χ1n) is 8.69. The van der Waals surface area contributed by atoms with Crippen molar-refractivity contribution in [3.8, 4) is 11.8 Å². The van der Waals surface area contributed by atoms with Crippen molar-refractivity contribution in [3.05, 3.63) is 40.3 Å². The summed E-state index contributed by atoms with van der Waals surface area (Å²) >= 11 is 0. The Morgan fingerprint density at radius 3 is 2.58 bits per heavy atom. The molecule has 1 aliphatic carbocycles. The van der Waals surface area contributed by atoms with Crippen molar-refractivity contribution in [2.24, 2.45) is 5.92 Å². The van der Waals surface area contributed by atoms with Crippen LogP contribution in [0.15, 0.2) is 23.6 Å². The normalized spacial score (nSPS) is 22.4. The SMILES string of the molecule is CNC(=O)CN1NC(C)(O)C(Oc2cc(C)c(C#N)c(C)c2)=C1C1CC1. The van der Waals surface area contributed by atoms with Gasteiger partial charge in [-0.1, -0.05) is 0 Å². The second kappa shape index (κ2) is 6.63. The highest BCUT2D eigenvalue weighted by atomic mass is 16.5. The van der Waals surface area contributed by atoms with Crippen LogP contribution in [-0.4, -0.2) is 35.3 Å². The molecule has 2 aliphatic rings. The first-order chi connectivity index (χ1) is 12.3. The highest BCUT2D eigenvalue weighted by Gasteiger charge is 2.47. The number of benzene rings is 1. The van der Waals surface area contributed by atoms with Gasteiger partial charge in [-0.3, -0.25) is 9.80 Å². The summed E-state index contributed by atoms with van der Waals surface area (Å²) in [7, 11) is 1.58. The van der Waals surface area contributed by atoms with Gasteiger partial charge in [0.15, 0.2) is 11.5 Å². The zero-order valence-corrected chi connectivity index (χ0v) is 15.5. The van der Waals surface area contributed by atoms with E-state index in [1.54, 1.807) is 31.1 Å². The molecule has 7 nitrogen and oxygen atoms in total. The summed E-state index contributed by atoms with van der Waals surface area (Å²) in [4.78, 5) is 11.8. The van der Waals surface area contributed by atoms with E-state index in [4.69, 9.17) is 4.74 Å². The van der Waals surface area contributed by atoms with E-state index in [-0.39, 0.29) is 18.4 Å². The van der Waals surface area contributed by atoms with Crippen LogP contribution in [0.25, 0.3) is 0 Å². The largest absolute Gasteiger partial charge is 0.455 e. The average Bonchev–Trinajstić information content (AvgIpc) is 3.34. The quantitative estimate of drug-likeness (QED) is 0.739. The molecule has 1 unspecified atom stereocenters. The Hall–Kier alpha value is -2.56. The van der Waals surface area contributed by atoms with Crippen LogP contribution < -0.4 is 15.5 Å². The molecule has 0 radical (unpaired) electrons. The fraction of sp³-hybridized carbons (Fsp3) is 0.474. The molecule has 1 atom stereocenters. The maximum absolute atomic E-state index is 11.8. The second-order valence-electron chi connectivity index (χ2n) is 7.08. The molecular formula is C19H24N4O3. The standard InChI is InChI=1S/C19H24N4O3/c1-11-7-14(8-12(2)15(11)9-20)26-18-17(13-5-6-13)23(10-16(24)21-4)22-19(18,3)25/h7-8,13,22,25H,5-6,10H2,1-4H3,(H,21,24). The van der Waals surface area contributed by atoms with Gasteiger partial charge in [0.05, 0.1) is 17.3 Å². The van der Waals surface area contributed by atoms with E-state index >= 15 is 0 Å². The Kier molecular flexibility index (Phi) is 4.65. The highest BCUT2D eigenvalue weighted by Crippen LogP contribution is 2.44. The zero-order chi connectivity index (χ0) is 19.1. The molecule has 1 aromatic rings. The van der Waals surface area contributed by atoms with E-state index in [0.717, 1.165) is 29.7 Å². The fourth-order valence-electron chi connectivity index (χ4n) is 3.28. The zero-order valence-electron chi connectivity index (χ0n) is 15.5. The van der Waals surface area contributed by atoms with E-state index in [1.807, 2.05) is 13.8 Å². The summed E-state index contributed by atoms with van der Waals surface area (Å²) in [5.41, 5.74) is 4.65. The molecule has 7 heteroatoms. The summed E-state index contributed by atoms with van der Waals surface area (Å²) in [6.07, 6.45) is 1.99. The van der Waals surface area contributed by atoms with Crippen LogP contribution in [0.4, 0.5) is 0 Å². The van der Waals surface area contributed by atoms with Crippen molar-refractivity contribution in [1.29, 1.82) is 5.26 Å². The number of amides is 1. The van der Waals surface area contributed by atoms with Gasteiger partial charge < -0.3 is 15.2 Å². The van der Waals surface area contributed by atoms with Gasteiger partial charge in [-0.15, -0.1) is 0 Å². The smallest absolute Gasteiger partial charge is 0.240 e. The minimum Gasteiger partial charge on any atom is -0.455 e. The van der Waals surface area contributed by atoms with Crippen LogP contribution >= 0.6 is 0 Å². The number of nitriles is 1. The summed E-state index contributed by atoms with van der Waals surface area (Å²) in [6.45, 7) is 5.42. The van der Waals surface area contributed by atoms with E-state index in [0.29, 0.717) is 17.1 Å². The predicted octanol–water partition coefficient (Wildman–Crippen LogP) is 1.45. The molecule has 3 rings (SSSR count). The van der Waals surface area contributed by atoms with Crippen LogP contribution in [0.2, 0.25) is 0 Å². The number of allylic oxidation sites excluding steroid dienone is 1. The van der Waals surface area contributed by atoms with E-state index < -0.39 is 5.72 Å². The van der Waals surface area contributed by atoms with Crippen molar-refractivity contribution in [2.45, 2.75) is 39.3 Å². The Balaban J connectivity index is 1.97. The lowest BCUT2D eigenvalue weighted by Crippen LogP contribution is -2.49. The van der Waals surface area contributed by atoms with Crippen molar-refractivity contribution < 1.29 is 14.6 Å². The number of hydrazine groups is 1. The molecule has 0 spiro atoms. The average molecular weight is 356 g/mol. The number of rotatable bonds is 5. The van der Waals surface area contributed by atoms with Crippen LogP contribution in [-0.2, 0) is 4.79 Å². The lowest BCUT2D eigenvalue weighted by Gasteiger charge is -2.24. The monoisotopic (exact) mass is 356 g/mol. The van der Waals surface area contributed by atoms with Crippen molar-refractivity contribution >= 4 is 5.91 Å². The van der Waals surface area contributed by atoms with Crippen molar-refractivity contribution in [1.82, 2.24) is 15.8 Å². The molecule has 0 bridgehead atoms. The molecule has 0 saturated heterocycles. The Labute approximate surface area is 153 Å². The third-order valence-electron chi connectivity index (χ3n) is 4.70. The first kappa shape index (κ1) is 18.2. The molecule has 1 saturated carbocycles. The summed E-state index contributed by atoms with van der Waals surface area (Å²) in [5.74, 6) is 1.08. The first-order valence-corrected chi connectivity index (χ1v) is 8.69. The van der Waals surface area contributed by atoms with E-state index in [2.05, 4.69) is 16.8 Å². The van der Waals surface area contributed by atoms with Gasteiger partial charge in [0.2, 0.25) is 5.91 Å². The lowest BCUT2D eigenvalue weighted by atomic mass is 10.0. The number of nitrogens with zero attached hydrogens (tertiary/aromatic N) is 2. The third-order valence-corrected chi connectivity index (χ3v) is 4.70.